The number of hydrogen-bond acceptors (Lipinski definition) is 0. The third-order valence-corrected chi connectivity index (χ3v) is 5.43. The van der Waals surface area contributed by atoms with Gasteiger partial charge in [-0.3, -0.25) is 0 Å². The molecule has 2 heteroatoms. The van der Waals surface area contributed by atoms with Crippen molar-refractivity contribution in [2.24, 2.45) is 0 Å². The van der Waals surface area contributed by atoms with E-state index in [1.54, 1.807) is 0 Å². The minimum absolute atomic E-state index is 0. The SMILES string of the molecule is [Pd].[c-]1ccc(P(c2ccccc2)c2ccccc2)cc1. The molecular formula is C18H14PPd-. The Balaban J connectivity index is 0.00000147. The van der Waals surface area contributed by atoms with Crippen LogP contribution in [0.2, 0.25) is 0 Å². The molecule has 0 radical (unpaired) electrons. The van der Waals surface area contributed by atoms with Crippen LogP contribution in [0.5, 0.6) is 0 Å². The van der Waals surface area contributed by atoms with E-state index in [1.165, 1.54) is 15.9 Å². The van der Waals surface area contributed by atoms with Crippen LogP contribution in [0, 0.1) is 6.07 Å². The zero-order valence-corrected chi connectivity index (χ0v) is 13.3. The second-order valence-electron chi connectivity index (χ2n) is 4.26. The minimum atomic E-state index is -0.466. The molecule has 0 nitrogen and oxygen atoms in total. The summed E-state index contributed by atoms with van der Waals surface area (Å²) in [6, 6.07) is 32.9. The van der Waals surface area contributed by atoms with Gasteiger partial charge < -0.3 is 0 Å². The monoisotopic (exact) mass is 367 g/mol. The van der Waals surface area contributed by atoms with Crippen LogP contribution in [0.3, 0.4) is 0 Å². The van der Waals surface area contributed by atoms with Crippen molar-refractivity contribution in [2.45, 2.75) is 0 Å². The molecule has 0 amide bonds. The van der Waals surface area contributed by atoms with Crippen LogP contribution >= 0.6 is 7.92 Å². The van der Waals surface area contributed by atoms with Gasteiger partial charge in [0, 0.05) is 20.4 Å². The van der Waals surface area contributed by atoms with Crippen LogP contribution in [0.25, 0.3) is 0 Å². The molecule has 102 valence electrons. The molecule has 0 bridgehead atoms. The summed E-state index contributed by atoms with van der Waals surface area (Å²) in [5.41, 5.74) is 0. The summed E-state index contributed by atoms with van der Waals surface area (Å²) in [5, 5.41) is 4.14. The third-order valence-electron chi connectivity index (χ3n) is 2.99. The number of rotatable bonds is 3. The quantitative estimate of drug-likeness (QED) is 0.379. The van der Waals surface area contributed by atoms with Crippen LogP contribution in [0.4, 0.5) is 0 Å². The van der Waals surface area contributed by atoms with Gasteiger partial charge >= 0.3 is 0 Å². The summed E-state index contributed by atoms with van der Waals surface area (Å²) in [5.74, 6) is 0. The third kappa shape index (κ3) is 3.44. The van der Waals surface area contributed by atoms with Crippen LogP contribution in [-0.2, 0) is 20.4 Å². The summed E-state index contributed by atoms with van der Waals surface area (Å²) < 4.78 is 0. The van der Waals surface area contributed by atoms with Gasteiger partial charge in [-0.1, -0.05) is 60.7 Å². The minimum Gasteiger partial charge on any atom is -0.184 e. The van der Waals surface area contributed by atoms with E-state index in [0.717, 1.165) is 0 Å². The number of benzene rings is 3. The zero-order valence-electron chi connectivity index (χ0n) is 10.8. The topological polar surface area (TPSA) is 0 Å². The van der Waals surface area contributed by atoms with Crippen molar-refractivity contribution in [2.75, 3.05) is 0 Å². The molecule has 0 saturated heterocycles. The van der Waals surface area contributed by atoms with E-state index >= 15 is 0 Å². The maximum absolute atomic E-state index is 3.10. The van der Waals surface area contributed by atoms with Crippen molar-refractivity contribution in [3.63, 3.8) is 0 Å². The fraction of sp³-hybridized carbons (Fsp3) is 0. The molecule has 0 heterocycles. The summed E-state index contributed by atoms with van der Waals surface area (Å²) in [4.78, 5) is 0. The Morgan fingerprint density at radius 2 is 0.950 bits per heavy atom. The molecule has 3 aromatic rings. The Bertz CT molecular complexity index is 529. The van der Waals surface area contributed by atoms with Crippen LogP contribution in [0.1, 0.15) is 0 Å². The summed E-state index contributed by atoms with van der Waals surface area (Å²) >= 11 is 0. The molecule has 20 heavy (non-hydrogen) atoms. The molecule has 3 aromatic carbocycles. The Morgan fingerprint density at radius 3 is 1.40 bits per heavy atom. The van der Waals surface area contributed by atoms with E-state index in [9.17, 15) is 0 Å². The van der Waals surface area contributed by atoms with Crippen molar-refractivity contribution < 1.29 is 20.4 Å². The van der Waals surface area contributed by atoms with Gasteiger partial charge in [0.05, 0.1) is 0 Å². The largest absolute Gasteiger partial charge is 0.184 e. The second kappa shape index (κ2) is 7.51. The first-order valence-electron chi connectivity index (χ1n) is 6.31. The molecule has 0 aliphatic heterocycles. The predicted octanol–water partition coefficient (Wildman–Crippen LogP) is 3.24. The first kappa shape index (κ1) is 15.1. The Morgan fingerprint density at radius 1 is 0.550 bits per heavy atom. The molecule has 0 aliphatic rings. The fourth-order valence-corrected chi connectivity index (χ4v) is 4.41. The molecule has 0 atom stereocenters. The smallest absolute Gasteiger partial charge is 0 e. The summed E-state index contributed by atoms with van der Waals surface area (Å²) in [6.07, 6.45) is 0. The first-order valence-corrected chi connectivity index (χ1v) is 7.66. The average Bonchev–Trinajstić information content (AvgIpc) is 2.51. The summed E-state index contributed by atoms with van der Waals surface area (Å²) in [7, 11) is -0.466. The molecule has 3 rings (SSSR count). The molecule has 0 fully saturated rings. The van der Waals surface area contributed by atoms with E-state index in [2.05, 4.69) is 78.9 Å². The summed E-state index contributed by atoms with van der Waals surface area (Å²) in [6.45, 7) is 0. The maximum atomic E-state index is 3.10. The van der Waals surface area contributed by atoms with Gasteiger partial charge in [0.15, 0.2) is 0 Å². The van der Waals surface area contributed by atoms with E-state index in [1.807, 2.05) is 12.1 Å². The van der Waals surface area contributed by atoms with Gasteiger partial charge in [-0.15, -0.1) is 5.30 Å². The van der Waals surface area contributed by atoms with Gasteiger partial charge in [-0.05, 0) is 18.5 Å². The Hall–Kier alpha value is -1.25. The molecule has 0 aliphatic carbocycles. The van der Waals surface area contributed by atoms with Crippen molar-refractivity contribution in [3.05, 3.63) is 91.0 Å². The van der Waals surface area contributed by atoms with Crippen molar-refractivity contribution in [1.29, 1.82) is 0 Å². The van der Waals surface area contributed by atoms with E-state index in [4.69, 9.17) is 0 Å². The average molecular weight is 368 g/mol. The second-order valence-corrected chi connectivity index (χ2v) is 6.48. The molecule has 0 aromatic heterocycles. The van der Waals surface area contributed by atoms with Crippen molar-refractivity contribution in [3.8, 4) is 0 Å². The first-order chi connectivity index (χ1) is 9.45. The zero-order chi connectivity index (χ0) is 12.9. The molecule has 0 spiro atoms. The van der Waals surface area contributed by atoms with Crippen molar-refractivity contribution in [1.82, 2.24) is 0 Å². The van der Waals surface area contributed by atoms with Crippen LogP contribution < -0.4 is 15.9 Å². The van der Waals surface area contributed by atoms with E-state index in [-0.39, 0.29) is 20.4 Å². The Labute approximate surface area is 135 Å². The van der Waals surface area contributed by atoms with Crippen LogP contribution in [0.15, 0.2) is 84.9 Å². The van der Waals surface area contributed by atoms with Gasteiger partial charge in [0.2, 0.25) is 0 Å². The van der Waals surface area contributed by atoms with Gasteiger partial charge in [0.25, 0.3) is 0 Å². The normalized spacial score (nSPS) is 10.1. The van der Waals surface area contributed by atoms with Crippen LogP contribution in [-0.4, -0.2) is 0 Å². The predicted molar refractivity (Wildman–Crippen MR) is 84.0 cm³/mol. The molecular weight excluding hydrogens is 354 g/mol. The van der Waals surface area contributed by atoms with E-state index < -0.39 is 7.92 Å². The standard InChI is InChI=1S/C18H14P.Pd/c1-4-10-16(11-5-1)19(17-12-6-2-7-13-17)18-14-8-3-9-15-18;/h1-2,4-15H;/q-1;. The number of hydrogen-bond donors (Lipinski definition) is 0. The molecule has 0 N–H and O–H groups in total. The molecule has 0 unspecified atom stereocenters. The van der Waals surface area contributed by atoms with Crippen molar-refractivity contribution >= 4 is 23.8 Å². The van der Waals surface area contributed by atoms with E-state index in [0.29, 0.717) is 0 Å². The van der Waals surface area contributed by atoms with Gasteiger partial charge in [-0.25, -0.2) is 0 Å². The molecule has 0 saturated carbocycles. The Kier molecular flexibility index (Phi) is 5.69. The van der Waals surface area contributed by atoms with Gasteiger partial charge in [-0.2, -0.15) is 30.3 Å². The fourth-order valence-electron chi connectivity index (χ4n) is 2.13. The van der Waals surface area contributed by atoms with Gasteiger partial charge in [0.1, 0.15) is 0 Å². The maximum Gasteiger partial charge on any atom is 0 e.